The van der Waals surface area contributed by atoms with Crippen molar-refractivity contribution in [3.05, 3.63) is 47.5 Å². The van der Waals surface area contributed by atoms with Gasteiger partial charge in [-0.3, -0.25) is 0 Å². The second kappa shape index (κ2) is 4.30. The van der Waals surface area contributed by atoms with Crippen molar-refractivity contribution in [2.24, 2.45) is 0 Å². The predicted molar refractivity (Wildman–Crippen MR) is 58.4 cm³/mol. The zero-order chi connectivity index (χ0) is 10.7. The van der Waals surface area contributed by atoms with Crippen LogP contribution in [0.1, 0.15) is 18.9 Å². The van der Waals surface area contributed by atoms with Gasteiger partial charge in [-0.05, 0) is 25.3 Å². The van der Waals surface area contributed by atoms with Gasteiger partial charge < -0.3 is 4.74 Å². The molecule has 78 valence electrons. The largest absolute Gasteiger partial charge is 0.454 e. The van der Waals surface area contributed by atoms with Crippen LogP contribution in [0.5, 0.6) is 0 Å². The molecule has 0 N–H and O–H groups in total. The standard InChI is InChI=1S/C13H14O2/c1-2-11-12(15-13(11)14)9-8-10-6-4-3-5-7-10/h2-7,12H,8-9H2,1H3/b11-2+. The van der Waals surface area contributed by atoms with Gasteiger partial charge in [-0.15, -0.1) is 0 Å². The van der Waals surface area contributed by atoms with E-state index >= 15 is 0 Å². The molecule has 1 saturated heterocycles. The van der Waals surface area contributed by atoms with E-state index in [4.69, 9.17) is 4.74 Å². The molecular formula is C13H14O2. The highest BCUT2D eigenvalue weighted by Crippen LogP contribution is 2.25. The Hall–Kier alpha value is -1.57. The molecule has 0 bridgehead atoms. The van der Waals surface area contributed by atoms with Crippen molar-refractivity contribution in [1.82, 2.24) is 0 Å². The summed E-state index contributed by atoms with van der Waals surface area (Å²) in [5.74, 6) is -0.157. The molecule has 1 aromatic rings. The first-order valence-corrected chi connectivity index (χ1v) is 5.22. The van der Waals surface area contributed by atoms with Crippen LogP contribution in [0.4, 0.5) is 0 Å². The third-order valence-electron chi connectivity index (χ3n) is 2.68. The molecule has 1 heterocycles. The van der Waals surface area contributed by atoms with Gasteiger partial charge in [-0.25, -0.2) is 4.79 Å². The van der Waals surface area contributed by atoms with Gasteiger partial charge in [-0.2, -0.15) is 0 Å². The van der Waals surface area contributed by atoms with E-state index < -0.39 is 0 Å². The molecule has 0 saturated carbocycles. The van der Waals surface area contributed by atoms with Crippen molar-refractivity contribution in [3.8, 4) is 0 Å². The maximum Gasteiger partial charge on any atom is 0.338 e. The second-order valence-electron chi connectivity index (χ2n) is 3.66. The van der Waals surface area contributed by atoms with Gasteiger partial charge in [-0.1, -0.05) is 36.4 Å². The van der Waals surface area contributed by atoms with Crippen LogP contribution in [0.2, 0.25) is 0 Å². The van der Waals surface area contributed by atoms with Gasteiger partial charge in [0.15, 0.2) is 0 Å². The van der Waals surface area contributed by atoms with Crippen molar-refractivity contribution in [1.29, 1.82) is 0 Å². The van der Waals surface area contributed by atoms with E-state index in [0.29, 0.717) is 0 Å². The first-order chi connectivity index (χ1) is 7.31. The SMILES string of the molecule is C/C=C1/C(=O)OC1CCc1ccccc1. The smallest absolute Gasteiger partial charge is 0.338 e. The van der Waals surface area contributed by atoms with Crippen LogP contribution < -0.4 is 0 Å². The lowest BCUT2D eigenvalue weighted by atomic mass is 9.97. The molecule has 1 aliphatic heterocycles. The average Bonchev–Trinajstić information content (AvgIpc) is 2.26. The normalized spacial score (nSPS) is 22.3. The van der Waals surface area contributed by atoms with Gasteiger partial charge in [0.2, 0.25) is 0 Å². The zero-order valence-electron chi connectivity index (χ0n) is 8.77. The van der Waals surface area contributed by atoms with Crippen LogP contribution in [0.3, 0.4) is 0 Å². The number of cyclic esters (lactones) is 1. The number of hydrogen-bond acceptors (Lipinski definition) is 2. The molecule has 0 aliphatic carbocycles. The van der Waals surface area contributed by atoms with Crippen LogP contribution in [-0.4, -0.2) is 12.1 Å². The van der Waals surface area contributed by atoms with Crippen molar-refractivity contribution in [2.45, 2.75) is 25.9 Å². The predicted octanol–water partition coefficient (Wildman–Crippen LogP) is 2.49. The minimum absolute atomic E-state index is 0.0164. The summed E-state index contributed by atoms with van der Waals surface area (Å²) in [6, 6.07) is 10.2. The van der Waals surface area contributed by atoms with Gasteiger partial charge in [0, 0.05) is 0 Å². The Morgan fingerprint density at radius 2 is 2.07 bits per heavy atom. The number of rotatable bonds is 3. The number of carbonyl (C=O) groups excluding carboxylic acids is 1. The summed E-state index contributed by atoms with van der Waals surface area (Å²) < 4.78 is 5.06. The summed E-state index contributed by atoms with van der Waals surface area (Å²) in [6.45, 7) is 1.88. The number of carbonyl (C=O) groups is 1. The third-order valence-corrected chi connectivity index (χ3v) is 2.68. The number of hydrogen-bond donors (Lipinski definition) is 0. The molecule has 1 atom stereocenters. The molecule has 0 aromatic heterocycles. The van der Waals surface area contributed by atoms with Gasteiger partial charge >= 0.3 is 5.97 Å². The minimum Gasteiger partial charge on any atom is -0.454 e. The molecule has 0 amide bonds. The summed E-state index contributed by atoms with van der Waals surface area (Å²) in [7, 11) is 0. The molecule has 2 nitrogen and oxygen atoms in total. The second-order valence-corrected chi connectivity index (χ2v) is 3.66. The Kier molecular flexibility index (Phi) is 2.86. The van der Waals surface area contributed by atoms with Crippen LogP contribution in [0, 0.1) is 0 Å². The molecule has 1 aromatic carbocycles. The Labute approximate surface area is 89.6 Å². The van der Waals surface area contributed by atoms with E-state index in [1.54, 1.807) is 0 Å². The minimum atomic E-state index is -0.157. The molecule has 1 aliphatic rings. The Bertz CT molecular complexity index is 379. The molecule has 0 radical (unpaired) electrons. The molecule has 0 spiro atoms. The maximum absolute atomic E-state index is 11.0. The molecular weight excluding hydrogens is 188 g/mol. The fourth-order valence-electron chi connectivity index (χ4n) is 1.79. The van der Waals surface area contributed by atoms with Gasteiger partial charge in [0.25, 0.3) is 0 Å². The highest BCUT2D eigenvalue weighted by Gasteiger charge is 2.34. The number of esters is 1. The average molecular weight is 202 g/mol. The van der Waals surface area contributed by atoms with Crippen LogP contribution in [-0.2, 0) is 16.0 Å². The number of aryl methyl sites for hydroxylation is 1. The first kappa shape index (κ1) is 9.97. The topological polar surface area (TPSA) is 26.3 Å². The maximum atomic E-state index is 11.0. The fourth-order valence-corrected chi connectivity index (χ4v) is 1.79. The van der Waals surface area contributed by atoms with E-state index in [-0.39, 0.29) is 12.1 Å². The zero-order valence-corrected chi connectivity index (χ0v) is 8.77. The Balaban J connectivity index is 1.88. The molecule has 2 rings (SSSR count). The Morgan fingerprint density at radius 1 is 1.33 bits per heavy atom. The van der Waals surface area contributed by atoms with Crippen LogP contribution in [0.25, 0.3) is 0 Å². The van der Waals surface area contributed by atoms with Crippen LogP contribution in [0.15, 0.2) is 42.0 Å². The summed E-state index contributed by atoms with van der Waals surface area (Å²) in [5.41, 5.74) is 2.11. The summed E-state index contributed by atoms with van der Waals surface area (Å²) in [5, 5.41) is 0. The lowest BCUT2D eigenvalue weighted by molar-refractivity contribution is -0.156. The molecule has 2 heteroatoms. The van der Waals surface area contributed by atoms with Crippen molar-refractivity contribution < 1.29 is 9.53 Å². The number of benzene rings is 1. The van der Waals surface area contributed by atoms with E-state index in [1.165, 1.54) is 5.56 Å². The monoisotopic (exact) mass is 202 g/mol. The Morgan fingerprint density at radius 3 is 2.67 bits per heavy atom. The third kappa shape index (κ3) is 2.09. The summed E-state index contributed by atoms with van der Waals surface area (Å²) in [6.07, 6.45) is 3.70. The van der Waals surface area contributed by atoms with Crippen molar-refractivity contribution >= 4 is 5.97 Å². The molecule has 15 heavy (non-hydrogen) atoms. The fraction of sp³-hybridized carbons (Fsp3) is 0.308. The van der Waals surface area contributed by atoms with Crippen LogP contribution >= 0.6 is 0 Å². The van der Waals surface area contributed by atoms with Crippen molar-refractivity contribution in [3.63, 3.8) is 0 Å². The lowest BCUT2D eigenvalue weighted by Gasteiger charge is -2.28. The lowest BCUT2D eigenvalue weighted by Crippen LogP contribution is -2.36. The highest BCUT2D eigenvalue weighted by molar-refractivity contribution is 5.95. The highest BCUT2D eigenvalue weighted by atomic mass is 16.6. The van der Waals surface area contributed by atoms with E-state index in [9.17, 15) is 4.79 Å². The first-order valence-electron chi connectivity index (χ1n) is 5.22. The van der Waals surface area contributed by atoms with Gasteiger partial charge in [0.05, 0.1) is 5.57 Å². The quantitative estimate of drug-likeness (QED) is 0.556. The molecule has 1 fully saturated rings. The van der Waals surface area contributed by atoms with Gasteiger partial charge in [0.1, 0.15) is 6.10 Å². The van der Waals surface area contributed by atoms with E-state index in [2.05, 4.69) is 12.1 Å². The number of ether oxygens (including phenoxy) is 1. The molecule has 1 unspecified atom stereocenters. The summed E-state index contributed by atoms with van der Waals surface area (Å²) >= 11 is 0. The van der Waals surface area contributed by atoms with E-state index in [1.807, 2.05) is 31.2 Å². The van der Waals surface area contributed by atoms with Crippen molar-refractivity contribution in [2.75, 3.05) is 0 Å². The summed E-state index contributed by atoms with van der Waals surface area (Å²) in [4.78, 5) is 11.0. The van der Waals surface area contributed by atoms with E-state index in [0.717, 1.165) is 18.4 Å². The number of allylic oxidation sites excluding steroid dienone is 1.